The van der Waals surface area contributed by atoms with E-state index in [4.69, 9.17) is 9.47 Å². The first kappa shape index (κ1) is 17.2. The maximum absolute atomic E-state index is 12.4. The van der Waals surface area contributed by atoms with Crippen molar-refractivity contribution < 1.29 is 24.2 Å². The van der Waals surface area contributed by atoms with E-state index in [1.807, 2.05) is 18.4 Å². The minimum atomic E-state index is -0.905. The lowest BCUT2D eigenvalue weighted by molar-refractivity contribution is -0.133. The molecule has 26 heavy (non-hydrogen) atoms. The Morgan fingerprint density at radius 2 is 2.23 bits per heavy atom. The number of aliphatic hydroxyl groups is 1. The van der Waals surface area contributed by atoms with Crippen LogP contribution in [0.3, 0.4) is 0 Å². The largest absolute Gasteiger partial charge is 0.455 e. The van der Waals surface area contributed by atoms with Gasteiger partial charge < -0.3 is 14.6 Å². The number of allylic oxidation sites excluding steroid dienone is 3. The van der Waals surface area contributed by atoms with Crippen LogP contribution >= 0.6 is 11.3 Å². The molecule has 0 saturated heterocycles. The van der Waals surface area contributed by atoms with E-state index in [0.717, 1.165) is 11.1 Å². The van der Waals surface area contributed by atoms with Gasteiger partial charge in [0.15, 0.2) is 0 Å². The molecule has 2 aliphatic carbocycles. The highest BCUT2D eigenvalue weighted by molar-refractivity contribution is 7.11. The maximum atomic E-state index is 12.4. The van der Waals surface area contributed by atoms with Crippen molar-refractivity contribution in [3.05, 3.63) is 57.0 Å². The highest BCUT2D eigenvalue weighted by atomic mass is 32.1. The van der Waals surface area contributed by atoms with E-state index in [1.165, 1.54) is 11.3 Å². The minimum Gasteiger partial charge on any atom is -0.455 e. The first-order valence-corrected chi connectivity index (χ1v) is 9.48. The highest BCUT2D eigenvalue weighted by Crippen LogP contribution is 2.53. The fourth-order valence-corrected chi connectivity index (χ4v) is 4.61. The average Bonchev–Trinajstić information content (AvgIpc) is 3.22. The summed E-state index contributed by atoms with van der Waals surface area (Å²) in [5.74, 6) is -0.291. The fraction of sp³-hybridized carbons (Fsp3) is 0.400. The highest BCUT2D eigenvalue weighted by Gasteiger charge is 2.50. The molecule has 1 aromatic rings. The van der Waals surface area contributed by atoms with Crippen molar-refractivity contribution in [2.45, 2.75) is 39.4 Å². The van der Waals surface area contributed by atoms with Crippen molar-refractivity contribution in [1.82, 2.24) is 0 Å². The van der Waals surface area contributed by atoms with Crippen LogP contribution in [0.5, 0.6) is 0 Å². The van der Waals surface area contributed by atoms with Crippen LogP contribution < -0.4 is 0 Å². The Morgan fingerprint density at radius 1 is 1.46 bits per heavy atom. The number of thiophene rings is 1. The zero-order valence-electron chi connectivity index (χ0n) is 14.8. The average molecular weight is 372 g/mol. The summed E-state index contributed by atoms with van der Waals surface area (Å²) in [5.41, 5.74) is 2.10. The van der Waals surface area contributed by atoms with Gasteiger partial charge in [-0.2, -0.15) is 0 Å². The number of rotatable bonds is 2. The molecule has 0 saturated carbocycles. The zero-order chi connectivity index (χ0) is 18.6. The lowest BCUT2D eigenvalue weighted by Gasteiger charge is -2.47. The van der Waals surface area contributed by atoms with Gasteiger partial charge >= 0.3 is 11.9 Å². The summed E-state index contributed by atoms with van der Waals surface area (Å²) in [6, 6.07) is 3.50. The minimum absolute atomic E-state index is 0.129. The molecule has 0 unspecified atom stereocenters. The van der Waals surface area contributed by atoms with Gasteiger partial charge in [0.2, 0.25) is 0 Å². The Labute approximate surface area is 155 Å². The second-order valence-corrected chi connectivity index (χ2v) is 8.29. The van der Waals surface area contributed by atoms with Crippen LogP contribution in [-0.4, -0.2) is 29.3 Å². The Bertz CT molecular complexity index is 876. The smallest absolute Gasteiger partial charge is 0.348 e. The summed E-state index contributed by atoms with van der Waals surface area (Å²) in [6.07, 6.45) is 2.62. The van der Waals surface area contributed by atoms with E-state index in [0.29, 0.717) is 22.6 Å². The van der Waals surface area contributed by atoms with Crippen molar-refractivity contribution in [2.24, 2.45) is 11.3 Å². The molecule has 4 rings (SSSR count). The molecule has 0 radical (unpaired) electrons. The lowest BCUT2D eigenvalue weighted by atomic mass is 9.60. The van der Waals surface area contributed by atoms with Gasteiger partial charge in [-0.05, 0) is 42.5 Å². The van der Waals surface area contributed by atoms with Gasteiger partial charge in [-0.15, -0.1) is 11.3 Å². The standard InChI is InChI=1S/C20H20O5S/c1-10-13-9-20(3)11(2)17(25-19(23)16-5-4-6-26-16)14(21)7-12(20)8-15(13)24-18(10)22/h4-8,11,14,17,21H,9H2,1-3H3/t11-,14+,17+,20+/m0/s1. The third-order valence-electron chi connectivity index (χ3n) is 5.90. The Hall–Kier alpha value is -2.18. The number of fused-ring (bicyclic) bond motifs is 2. The third-order valence-corrected chi connectivity index (χ3v) is 6.75. The Morgan fingerprint density at radius 3 is 2.92 bits per heavy atom. The number of ether oxygens (including phenoxy) is 2. The van der Waals surface area contributed by atoms with Crippen molar-refractivity contribution in [3.63, 3.8) is 0 Å². The van der Waals surface area contributed by atoms with Crippen LogP contribution in [0.2, 0.25) is 0 Å². The van der Waals surface area contributed by atoms with Crippen LogP contribution in [0, 0.1) is 11.3 Å². The summed E-state index contributed by atoms with van der Waals surface area (Å²) in [7, 11) is 0. The molecule has 0 aromatic carbocycles. The van der Waals surface area contributed by atoms with E-state index in [9.17, 15) is 14.7 Å². The molecule has 1 aromatic heterocycles. The summed E-state index contributed by atoms with van der Waals surface area (Å²) in [5, 5.41) is 12.4. The van der Waals surface area contributed by atoms with Gasteiger partial charge in [0.05, 0.1) is 0 Å². The predicted octanol–water partition coefficient (Wildman–Crippen LogP) is 3.38. The molecule has 6 heteroatoms. The van der Waals surface area contributed by atoms with Gasteiger partial charge in [-0.1, -0.05) is 19.9 Å². The summed E-state index contributed by atoms with van der Waals surface area (Å²) < 4.78 is 11.0. The van der Waals surface area contributed by atoms with E-state index < -0.39 is 18.2 Å². The number of carbonyl (C=O) groups is 2. The quantitative estimate of drug-likeness (QED) is 0.806. The summed E-state index contributed by atoms with van der Waals surface area (Å²) >= 11 is 1.31. The van der Waals surface area contributed by atoms with Crippen molar-refractivity contribution in [2.75, 3.05) is 0 Å². The van der Waals surface area contributed by atoms with Gasteiger partial charge in [0, 0.05) is 22.5 Å². The maximum Gasteiger partial charge on any atom is 0.348 e. The number of hydrogen-bond donors (Lipinski definition) is 1. The number of esters is 2. The van der Waals surface area contributed by atoms with E-state index in [-0.39, 0.29) is 17.3 Å². The molecule has 0 bridgehead atoms. The van der Waals surface area contributed by atoms with Crippen molar-refractivity contribution in [1.29, 1.82) is 0 Å². The van der Waals surface area contributed by atoms with Crippen molar-refractivity contribution >= 4 is 23.3 Å². The molecule has 5 nitrogen and oxygen atoms in total. The molecule has 4 atom stereocenters. The van der Waals surface area contributed by atoms with Gasteiger partial charge in [-0.25, -0.2) is 9.59 Å². The van der Waals surface area contributed by atoms with Crippen LogP contribution in [0.1, 0.15) is 36.9 Å². The molecule has 136 valence electrons. The van der Waals surface area contributed by atoms with Crippen LogP contribution in [0.15, 0.2) is 52.1 Å². The van der Waals surface area contributed by atoms with Crippen LogP contribution in [0.25, 0.3) is 0 Å². The molecule has 2 heterocycles. The monoisotopic (exact) mass is 372 g/mol. The third kappa shape index (κ3) is 2.47. The molecular weight excluding hydrogens is 352 g/mol. The molecule has 1 N–H and O–H groups in total. The second-order valence-electron chi connectivity index (χ2n) is 7.34. The molecule has 0 amide bonds. The summed E-state index contributed by atoms with van der Waals surface area (Å²) in [6.45, 7) is 5.83. The first-order chi connectivity index (χ1) is 12.3. The number of aliphatic hydroxyl groups excluding tert-OH is 1. The van der Waals surface area contributed by atoms with E-state index >= 15 is 0 Å². The Balaban J connectivity index is 1.68. The SMILES string of the molecule is CC1=C2C[C@@]3(C)C(=C[C@@H](O)[C@H](OC(=O)c4cccs4)[C@@H]3C)C=C2OC1=O. The predicted molar refractivity (Wildman–Crippen MR) is 96.4 cm³/mol. The fourth-order valence-electron chi connectivity index (χ4n) is 4.01. The lowest BCUT2D eigenvalue weighted by Crippen LogP contribution is -2.48. The zero-order valence-corrected chi connectivity index (χ0v) is 15.6. The summed E-state index contributed by atoms with van der Waals surface area (Å²) in [4.78, 5) is 24.8. The van der Waals surface area contributed by atoms with Crippen LogP contribution in [-0.2, 0) is 14.3 Å². The Kier molecular flexibility index (Phi) is 3.93. The van der Waals surface area contributed by atoms with Gasteiger partial charge in [-0.3, -0.25) is 0 Å². The number of carbonyl (C=O) groups excluding carboxylic acids is 2. The molecular formula is C20H20O5S. The normalized spacial score (nSPS) is 33.1. The van der Waals surface area contributed by atoms with E-state index in [2.05, 4.69) is 6.92 Å². The second kappa shape index (κ2) is 5.93. The molecule has 0 spiro atoms. The topological polar surface area (TPSA) is 72.8 Å². The van der Waals surface area contributed by atoms with Crippen LogP contribution in [0.4, 0.5) is 0 Å². The van der Waals surface area contributed by atoms with Gasteiger partial charge in [0.1, 0.15) is 22.8 Å². The molecule has 0 fully saturated rings. The first-order valence-electron chi connectivity index (χ1n) is 8.60. The molecule has 1 aliphatic heterocycles. The molecule has 3 aliphatic rings. The van der Waals surface area contributed by atoms with Crippen molar-refractivity contribution in [3.8, 4) is 0 Å². The number of hydrogen-bond acceptors (Lipinski definition) is 6. The van der Waals surface area contributed by atoms with E-state index in [1.54, 1.807) is 25.1 Å². The van der Waals surface area contributed by atoms with Gasteiger partial charge in [0.25, 0.3) is 0 Å².